The Hall–Kier alpha value is -1.37. The number of aromatic nitrogens is 1. The van der Waals surface area contributed by atoms with Gasteiger partial charge in [-0.1, -0.05) is 56.7 Å². The van der Waals surface area contributed by atoms with E-state index in [4.69, 9.17) is 0 Å². The van der Waals surface area contributed by atoms with Crippen molar-refractivity contribution in [1.29, 1.82) is 0 Å². The van der Waals surface area contributed by atoms with Crippen LogP contribution in [-0.2, 0) is 0 Å². The third-order valence-electron chi connectivity index (χ3n) is 5.93. The summed E-state index contributed by atoms with van der Waals surface area (Å²) in [4.78, 5) is 4.57. The van der Waals surface area contributed by atoms with Crippen molar-refractivity contribution in [3.8, 4) is 0 Å². The molecule has 22 heavy (non-hydrogen) atoms. The van der Waals surface area contributed by atoms with Gasteiger partial charge in [0.15, 0.2) is 0 Å². The van der Waals surface area contributed by atoms with Crippen molar-refractivity contribution in [2.45, 2.75) is 76.0 Å². The van der Waals surface area contributed by atoms with E-state index in [2.05, 4.69) is 35.6 Å². The molecule has 1 aromatic carbocycles. The molecule has 2 saturated carbocycles. The summed E-state index contributed by atoms with van der Waals surface area (Å²) >= 11 is 0. The van der Waals surface area contributed by atoms with E-state index < -0.39 is 0 Å². The molecule has 1 heterocycles. The average molecular weight is 293 g/mol. The first kappa shape index (κ1) is 14.2. The van der Waals surface area contributed by atoms with Crippen LogP contribution in [0.1, 0.15) is 87.2 Å². The fourth-order valence-electron chi connectivity index (χ4n) is 4.77. The molecule has 0 spiro atoms. The van der Waals surface area contributed by atoms with Crippen LogP contribution in [-0.4, -0.2) is 4.98 Å². The lowest BCUT2D eigenvalue weighted by Gasteiger charge is -2.27. The van der Waals surface area contributed by atoms with E-state index in [9.17, 15) is 0 Å². The second kappa shape index (κ2) is 6.40. The maximum absolute atomic E-state index is 4.57. The predicted octanol–water partition coefficient (Wildman–Crippen LogP) is 6.33. The van der Waals surface area contributed by atoms with Gasteiger partial charge >= 0.3 is 0 Å². The summed E-state index contributed by atoms with van der Waals surface area (Å²) in [7, 11) is 0. The summed E-state index contributed by atoms with van der Waals surface area (Å²) in [6, 6.07) is 6.92. The van der Waals surface area contributed by atoms with Crippen LogP contribution in [0, 0.1) is 0 Å². The molecule has 1 heteroatoms. The molecule has 0 aliphatic heterocycles. The van der Waals surface area contributed by atoms with E-state index in [1.165, 1.54) is 69.6 Å². The first-order valence-corrected chi connectivity index (χ1v) is 9.30. The van der Waals surface area contributed by atoms with Gasteiger partial charge in [-0.2, -0.15) is 0 Å². The Morgan fingerprint density at radius 3 is 2.00 bits per heavy atom. The molecule has 0 saturated heterocycles. The monoisotopic (exact) mass is 293 g/mol. The Balaban J connectivity index is 1.82. The standard InChI is InChI=1S/C21H27N/c1-3-8-16(9-4-1)19-13-7-12-18-14-22-15-20(21(18)19)17-10-5-2-6-11-17/h7,12-17H,1-6,8-11H2. The fourth-order valence-corrected chi connectivity index (χ4v) is 4.77. The second-order valence-corrected chi connectivity index (χ2v) is 7.34. The highest BCUT2D eigenvalue weighted by Crippen LogP contribution is 2.41. The molecule has 0 amide bonds. The predicted molar refractivity (Wildman–Crippen MR) is 93.4 cm³/mol. The van der Waals surface area contributed by atoms with Gasteiger partial charge in [-0.25, -0.2) is 0 Å². The van der Waals surface area contributed by atoms with Crippen molar-refractivity contribution in [1.82, 2.24) is 4.98 Å². The van der Waals surface area contributed by atoms with E-state index in [0.717, 1.165) is 11.8 Å². The van der Waals surface area contributed by atoms with Crippen LogP contribution in [0.5, 0.6) is 0 Å². The van der Waals surface area contributed by atoms with E-state index >= 15 is 0 Å². The Kier molecular flexibility index (Phi) is 4.14. The third kappa shape index (κ3) is 2.66. The molecule has 2 aliphatic carbocycles. The number of fused-ring (bicyclic) bond motifs is 1. The number of pyridine rings is 1. The molecule has 2 fully saturated rings. The minimum absolute atomic E-state index is 0.745. The molecular formula is C21H27N. The van der Waals surface area contributed by atoms with Crippen LogP contribution >= 0.6 is 0 Å². The Morgan fingerprint density at radius 1 is 0.682 bits per heavy atom. The first-order chi connectivity index (χ1) is 10.9. The van der Waals surface area contributed by atoms with Gasteiger partial charge in [0.05, 0.1) is 0 Å². The highest BCUT2D eigenvalue weighted by atomic mass is 14.6. The van der Waals surface area contributed by atoms with Crippen molar-refractivity contribution in [2.75, 3.05) is 0 Å². The van der Waals surface area contributed by atoms with Crippen LogP contribution < -0.4 is 0 Å². The molecule has 1 aromatic heterocycles. The summed E-state index contributed by atoms with van der Waals surface area (Å²) in [5, 5.41) is 2.93. The van der Waals surface area contributed by atoms with Crippen molar-refractivity contribution in [3.63, 3.8) is 0 Å². The molecule has 1 nitrogen and oxygen atoms in total. The molecular weight excluding hydrogens is 266 g/mol. The number of nitrogens with zero attached hydrogens (tertiary/aromatic N) is 1. The number of hydrogen-bond donors (Lipinski definition) is 0. The van der Waals surface area contributed by atoms with Gasteiger partial charge < -0.3 is 0 Å². The van der Waals surface area contributed by atoms with Gasteiger partial charge in [0.25, 0.3) is 0 Å². The van der Waals surface area contributed by atoms with Crippen LogP contribution in [0.4, 0.5) is 0 Å². The zero-order chi connectivity index (χ0) is 14.8. The van der Waals surface area contributed by atoms with Crippen molar-refractivity contribution in [2.24, 2.45) is 0 Å². The number of rotatable bonds is 2. The summed E-state index contributed by atoms with van der Waals surface area (Å²) in [5.41, 5.74) is 3.18. The summed E-state index contributed by atoms with van der Waals surface area (Å²) in [5.74, 6) is 1.52. The van der Waals surface area contributed by atoms with Crippen LogP contribution in [0.2, 0.25) is 0 Å². The lowest BCUT2D eigenvalue weighted by Crippen LogP contribution is -2.09. The molecule has 4 rings (SSSR count). The van der Waals surface area contributed by atoms with E-state index in [0.29, 0.717) is 0 Å². The highest BCUT2D eigenvalue weighted by Gasteiger charge is 2.23. The van der Waals surface area contributed by atoms with E-state index in [1.807, 2.05) is 0 Å². The minimum Gasteiger partial charge on any atom is -0.264 e. The van der Waals surface area contributed by atoms with Gasteiger partial charge in [-0.15, -0.1) is 0 Å². The summed E-state index contributed by atoms with van der Waals surface area (Å²) < 4.78 is 0. The molecule has 2 aromatic rings. The quantitative estimate of drug-likeness (QED) is 0.630. The first-order valence-electron chi connectivity index (χ1n) is 9.30. The summed E-state index contributed by atoms with van der Waals surface area (Å²) in [6.45, 7) is 0. The van der Waals surface area contributed by atoms with Crippen LogP contribution in [0.3, 0.4) is 0 Å². The molecule has 0 unspecified atom stereocenters. The normalized spacial score (nSPS) is 21.3. The zero-order valence-electron chi connectivity index (χ0n) is 13.6. The Labute approximate surface area is 134 Å². The number of benzene rings is 1. The molecule has 0 atom stereocenters. The molecule has 116 valence electrons. The van der Waals surface area contributed by atoms with Crippen molar-refractivity contribution >= 4 is 10.8 Å². The number of hydrogen-bond acceptors (Lipinski definition) is 1. The lowest BCUT2D eigenvalue weighted by molar-refractivity contribution is 0.439. The van der Waals surface area contributed by atoms with Gasteiger partial charge in [0.1, 0.15) is 0 Å². The molecule has 0 N–H and O–H groups in total. The van der Waals surface area contributed by atoms with Gasteiger partial charge in [-0.3, -0.25) is 4.98 Å². The van der Waals surface area contributed by atoms with Crippen molar-refractivity contribution in [3.05, 3.63) is 41.7 Å². The van der Waals surface area contributed by atoms with Gasteiger partial charge in [-0.05, 0) is 54.0 Å². The van der Waals surface area contributed by atoms with E-state index in [1.54, 1.807) is 16.5 Å². The maximum Gasteiger partial charge on any atom is 0.0346 e. The van der Waals surface area contributed by atoms with Crippen LogP contribution in [0.15, 0.2) is 30.6 Å². The SMILES string of the molecule is c1cc(C2CCCCC2)c2c(C3CCCCC3)cncc2c1. The van der Waals surface area contributed by atoms with Crippen LogP contribution in [0.25, 0.3) is 10.8 Å². The van der Waals surface area contributed by atoms with E-state index in [-0.39, 0.29) is 0 Å². The summed E-state index contributed by atoms with van der Waals surface area (Å²) in [6.07, 6.45) is 18.2. The highest BCUT2D eigenvalue weighted by molar-refractivity contribution is 5.89. The van der Waals surface area contributed by atoms with Gasteiger partial charge in [0.2, 0.25) is 0 Å². The second-order valence-electron chi connectivity index (χ2n) is 7.34. The third-order valence-corrected chi connectivity index (χ3v) is 5.93. The largest absolute Gasteiger partial charge is 0.264 e. The molecule has 0 bridgehead atoms. The average Bonchev–Trinajstić information content (AvgIpc) is 2.62. The van der Waals surface area contributed by atoms with Gasteiger partial charge in [0, 0.05) is 17.8 Å². The zero-order valence-corrected chi connectivity index (χ0v) is 13.6. The topological polar surface area (TPSA) is 12.9 Å². The maximum atomic E-state index is 4.57. The Bertz CT molecular complexity index is 581. The minimum atomic E-state index is 0.745. The molecule has 0 radical (unpaired) electrons. The van der Waals surface area contributed by atoms with Crippen molar-refractivity contribution < 1.29 is 0 Å². The smallest absolute Gasteiger partial charge is 0.0346 e. The molecule has 2 aliphatic rings. The Morgan fingerprint density at radius 2 is 1.32 bits per heavy atom. The fraction of sp³-hybridized carbons (Fsp3) is 0.571. The lowest BCUT2D eigenvalue weighted by atomic mass is 9.78.